The second-order valence-corrected chi connectivity index (χ2v) is 4.71. The number of Topliss-reactive ketones (excluding diaryl/α,β-unsaturated/α-hetero) is 1. The first kappa shape index (κ1) is 15.6. The molecule has 0 saturated carbocycles. The van der Waals surface area contributed by atoms with Gasteiger partial charge in [-0.2, -0.15) is 0 Å². The second-order valence-electron chi connectivity index (χ2n) is 4.71. The van der Waals surface area contributed by atoms with Gasteiger partial charge >= 0.3 is 0 Å². The zero-order valence-corrected chi connectivity index (χ0v) is 11.1. The predicted octanol–water partition coefficient (Wildman–Crippen LogP) is 3.68. The highest BCUT2D eigenvalue weighted by Crippen LogP contribution is 2.12. The van der Waals surface area contributed by atoms with Crippen LogP contribution in [0.4, 0.5) is 0 Å². The van der Waals surface area contributed by atoms with Crippen LogP contribution in [0.15, 0.2) is 0 Å². The number of hydrogen-bond donors (Lipinski definition) is 1. The summed E-state index contributed by atoms with van der Waals surface area (Å²) in [6, 6.07) is 0. The van der Waals surface area contributed by atoms with E-state index in [4.69, 9.17) is 5.73 Å². The first-order valence-electron chi connectivity index (χ1n) is 6.99. The maximum absolute atomic E-state index is 11.8. The fourth-order valence-corrected chi connectivity index (χ4v) is 2.04. The maximum atomic E-state index is 11.8. The topological polar surface area (TPSA) is 43.1 Å². The molecule has 0 rings (SSSR count). The SMILES string of the molecule is CCCCCCCCC(=O)C(CN)CCC. The lowest BCUT2D eigenvalue weighted by molar-refractivity contribution is -0.122. The molecular formula is C14H29NO. The smallest absolute Gasteiger partial charge is 0.137 e. The van der Waals surface area contributed by atoms with Gasteiger partial charge < -0.3 is 5.73 Å². The van der Waals surface area contributed by atoms with Crippen molar-refractivity contribution in [3.63, 3.8) is 0 Å². The van der Waals surface area contributed by atoms with Gasteiger partial charge in [0.2, 0.25) is 0 Å². The molecule has 0 radical (unpaired) electrons. The average molecular weight is 227 g/mol. The van der Waals surface area contributed by atoms with Gasteiger partial charge in [-0.25, -0.2) is 0 Å². The van der Waals surface area contributed by atoms with E-state index in [1.807, 2.05) is 0 Å². The van der Waals surface area contributed by atoms with Crippen LogP contribution in [-0.2, 0) is 4.79 Å². The van der Waals surface area contributed by atoms with Crippen molar-refractivity contribution >= 4 is 5.78 Å². The van der Waals surface area contributed by atoms with Crippen molar-refractivity contribution in [1.82, 2.24) is 0 Å². The van der Waals surface area contributed by atoms with Crippen LogP contribution in [0.25, 0.3) is 0 Å². The van der Waals surface area contributed by atoms with E-state index in [0.29, 0.717) is 12.3 Å². The van der Waals surface area contributed by atoms with Crippen LogP contribution in [0.1, 0.15) is 71.6 Å². The summed E-state index contributed by atoms with van der Waals surface area (Å²) < 4.78 is 0. The van der Waals surface area contributed by atoms with Gasteiger partial charge in [-0.05, 0) is 12.8 Å². The highest BCUT2D eigenvalue weighted by Gasteiger charge is 2.14. The van der Waals surface area contributed by atoms with Gasteiger partial charge in [0.05, 0.1) is 0 Å². The Balaban J connectivity index is 3.47. The quantitative estimate of drug-likeness (QED) is 0.547. The fraction of sp³-hybridized carbons (Fsp3) is 0.929. The minimum absolute atomic E-state index is 0.126. The molecule has 16 heavy (non-hydrogen) atoms. The highest BCUT2D eigenvalue weighted by molar-refractivity contribution is 5.81. The molecule has 2 nitrogen and oxygen atoms in total. The van der Waals surface area contributed by atoms with Gasteiger partial charge in [-0.1, -0.05) is 52.4 Å². The molecule has 1 unspecified atom stereocenters. The molecular weight excluding hydrogens is 198 g/mol. The van der Waals surface area contributed by atoms with Crippen molar-refractivity contribution in [3.8, 4) is 0 Å². The number of nitrogens with two attached hydrogens (primary N) is 1. The molecule has 0 aliphatic rings. The first-order chi connectivity index (χ1) is 7.76. The summed E-state index contributed by atoms with van der Waals surface area (Å²) in [4.78, 5) is 11.8. The monoisotopic (exact) mass is 227 g/mol. The molecule has 0 heterocycles. The summed E-state index contributed by atoms with van der Waals surface area (Å²) in [5, 5.41) is 0. The molecule has 1 atom stereocenters. The van der Waals surface area contributed by atoms with Gasteiger partial charge in [0.1, 0.15) is 5.78 Å². The second kappa shape index (κ2) is 11.1. The summed E-state index contributed by atoms with van der Waals surface area (Å²) in [7, 11) is 0. The number of carbonyl (C=O) groups is 1. The van der Waals surface area contributed by atoms with E-state index in [1.54, 1.807) is 0 Å². The van der Waals surface area contributed by atoms with E-state index in [9.17, 15) is 4.79 Å². The minimum Gasteiger partial charge on any atom is -0.330 e. The van der Waals surface area contributed by atoms with Crippen molar-refractivity contribution < 1.29 is 4.79 Å². The lowest BCUT2D eigenvalue weighted by Gasteiger charge is -2.11. The van der Waals surface area contributed by atoms with Crippen LogP contribution in [-0.4, -0.2) is 12.3 Å². The number of ketones is 1. The van der Waals surface area contributed by atoms with E-state index < -0.39 is 0 Å². The van der Waals surface area contributed by atoms with E-state index in [2.05, 4.69) is 13.8 Å². The maximum Gasteiger partial charge on any atom is 0.137 e. The number of hydrogen-bond acceptors (Lipinski definition) is 2. The lowest BCUT2D eigenvalue weighted by atomic mass is 9.94. The summed E-state index contributed by atoms with van der Waals surface area (Å²) in [6.07, 6.45) is 10.2. The van der Waals surface area contributed by atoms with Gasteiger partial charge in [0, 0.05) is 18.9 Å². The van der Waals surface area contributed by atoms with Crippen molar-refractivity contribution in [2.24, 2.45) is 11.7 Å². The number of carbonyl (C=O) groups excluding carboxylic acids is 1. The van der Waals surface area contributed by atoms with Crippen LogP contribution in [0.2, 0.25) is 0 Å². The standard InChI is InChI=1S/C14H29NO/c1-3-5-6-7-8-9-11-14(16)13(12-15)10-4-2/h13H,3-12,15H2,1-2H3. The molecule has 0 spiro atoms. The van der Waals surface area contributed by atoms with Crippen molar-refractivity contribution in [1.29, 1.82) is 0 Å². The van der Waals surface area contributed by atoms with Crippen LogP contribution in [0, 0.1) is 5.92 Å². The number of rotatable bonds is 11. The molecule has 2 heteroatoms. The molecule has 96 valence electrons. The van der Waals surface area contributed by atoms with Crippen LogP contribution in [0.5, 0.6) is 0 Å². The molecule has 0 aromatic heterocycles. The molecule has 0 bridgehead atoms. The molecule has 0 fully saturated rings. The minimum atomic E-state index is 0.126. The van der Waals surface area contributed by atoms with E-state index in [-0.39, 0.29) is 5.92 Å². The zero-order chi connectivity index (χ0) is 12.2. The zero-order valence-electron chi connectivity index (χ0n) is 11.1. The Kier molecular flexibility index (Phi) is 10.9. The Morgan fingerprint density at radius 2 is 1.62 bits per heavy atom. The average Bonchev–Trinajstić information content (AvgIpc) is 2.30. The van der Waals surface area contributed by atoms with Gasteiger partial charge in [0.25, 0.3) is 0 Å². The van der Waals surface area contributed by atoms with Crippen LogP contribution >= 0.6 is 0 Å². The van der Waals surface area contributed by atoms with Crippen molar-refractivity contribution in [2.45, 2.75) is 71.6 Å². The van der Waals surface area contributed by atoms with E-state index in [1.165, 1.54) is 32.1 Å². The third kappa shape index (κ3) is 7.86. The predicted molar refractivity (Wildman–Crippen MR) is 70.5 cm³/mol. The summed E-state index contributed by atoms with van der Waals surface area (Å²) in [6.45, 7) is 4.86. The van der Waals surface area contributed by atoms with Crippen LogP contribution < -0.4 is 5.73 Å². The Hall–Kier alpha value is -0.370. The molecule has 2 N–H and O–H groups in total. The first-order valence-corrected chi connectivity index (χ1v) is 6.99. The van der Waals surface area contributed by atoms with Crippen LogP contribution in [0.3, 0.4) is 0 Å². The molecule has 0 aliphatic carbocycles. The Morgan fingerprint density at radius 3 is 2.19 bits per heavy atom. The summed E-state index contributed by atoms with van der Waals surface area (Å²) in [5.41, 5.74) is 5.61. The molecule has 0 aliphatic heterocycles. The summed E-state index contributed by atoms with van der Waals surface area (Å²) in [5.74, 6) is 0.514. The molecule has 0 aromatic carbocycles. The molecule has 0 saturated heterocycles. The van der Waals surface area contributed by atoms with Gasteiger partial charge in [-0.3, -0.25) is 4.79 Å². The fourth-order valence-electron chi connectivity index (χ4n) is 2.04. The third-order valence-corrected chi connectivity index (χ3v) is 3.15. The summed E-state index contributed by atoms with van der Waals surface area (Å²) >= 11 is 0. The Labute approximate surface area is 101 Å². The van der Waals surface area contributed by atoms with Gasteiger partial charge in [0.15, 0.2) is 0 Å². The Bertz CT molecular complexity index is 168. The van der Waals surface area contributed by atoms with Crippen molar-refractivity contribution in [3.05, 3.63) is 0 Å². The highest BCUT2D eigenvalue weighted by atomic mass is 16.1. The molecule has 0 aromatic rings. The van der Waals surface area contributed by atoms with E-state index in [0.717, 1.165) is 25.7 Å². The third-order valence-electron chi connectivity index (χ3n) is 3.15. The Morgan fingerprint density at radius 1 is 1.00 bits per heavy atom. The largest absolute Gasteiger partial charge is 0.330 e. The normalized spacial score (nSPS) is 12.7. The van der Waals surface area contributed by atoms with Crippen molar-refractivity contribution in [2.75, 3.05) is 6.54 Å². The van der Waals surface area contributed by atoms with E-state index >= 15 is 0 Å². The molecule has 0 amide bonds. The van der Waals surface area contributed by atoms with Gasteiger partial charge in [-0.15, -0.1) is 0 Å². The lowest BCUT2D eigenvalue weighted by Crippen LogP contribution is -2.23. The number of unbranched alkanes of at least 4 members (excludes halogenated alkanes) is 5.